The van der Waals surface area contributed by atoms with Gasteiger partial charge >= 0.3 is 5.97 Å². The summed E-state index contributed by atoms with van der Waals surface area (Å²) in [5.74, 6) is -0.0545. The highest BCUT2D eigenvalue weighted by molar-refractivity contribution is 5.69. The molecule has 0 amide bonds. The van der Waals surface area contributed by atoms with E-state index in [0.29, 0.717) is 13.0 Å². The summed E-state index contributed by atoms with van der Waals surface area (Å²) in [5.41, 5.74) is 0. The number of carbonyl (C=O) groups excluding carboxylic acids is 1. The van der Waals surface area contributed by atoms with E-state index in [2.05, 4.69) is 19.1 Å². The average molecular weight is 311 g/mol. The van der Waals surface area contributed by atoms with E-state index in [1.54, 1.807) is 0 Å². The summed E-state index contributed by atoms with van der Waals surface area (Å²) < 4.78 is 4.90. The Hall–Kier alpha value is -0.790. The van der Waals surface area contributed by atoms with Gasteiger partial charge in [0, 0.05) is 6.42 Å². The molecule has 0 aromatic rings. The molecule has 0 bridgehead atoms. The molecule has 2 nitrogen and oxygen atoms in total. The first kappa shape index (κ1) is 21.2. The van der Waals surface area contributed by atoms with Gasteiger partial charge in [-0.25, -0.2) is 0 Å². The molecule has 0 saturated carbocycles. The third-order valence-electron chi connectivity index (χ3n) is 3.95. The van der Waals surface area contributed by atoms with Gasteiger partial charge in [0.05, 0.1) is 6.61 Å². The Morgan fingerprint density at radius 1 is 0.727 bits per heavy atom. The van der Waals surface area contributed by atoms with Crippen LogP contribution in [0.5, 0.6) is 0 Å². The number of ether oxygens (including phenoxy) is 1. The molecule has 0 N–H and O–H groups in total. The maximum atomic E-state index is 11.1. The van der Waals surface area contributed by atoms with E-state index in [1.807, 2.05) is 6.92 Å². The van der Waals surface area contributed by atoms with Gasteiger partial charge in [-0.15, -0.1) is 0 Å². The number of unbranched alkanes of at least 4 members (excludes halogenated alkanes) is 11. The van der Waals surface area contributed by atoms with Gasteiger partial charge in [-0.2, -0.15) is 0 Å². The highest BCUT2D eigenvalue weighted by Gasteiger charge is 1.99. The molecule has 0 aliphatic heterocycles. The number of hydrogen-bond donors (Lipinski definition) is 0. The minimum Gasteiger partial charge on any atom is -0.466 e. The Labute approximate surface area is 138 Å². The van der Waals surface area contributed by atoms with Crippen LogP contribution in [0.15, 0.2) is 12.2 Å². The zero-order chi connectivity index (χ0) is 16.3. The number of allylic oxidation sites excluding steroid dienone is 2. The first-order valence-corrected chi connectivity index (χ1v) is 9.61. The van der Waals surface area contributed by atoms with Crippen molar-refractivity contribution in [2.45, 2.75) is 104 Å². The van der Waals surface area contributed by atoms with Gasteiger partial charge in [0.2, 0.25) is 0 Å². The van der Waals surface area contributed by atoms with E-state index in [1.165, 1.54) is 64.2 Å². The Morgan fingerprint density at radius 2 is 1.23 bits per heavy atom. The molecule has 0 aromatic heterocycles. The Balaban J connectivity index is 3.13. The zero-order valence-electron chi connectivity index (χ0n) is 15.1. The summed E-state index contributed by atoms with van der Waals surface area (Å²) in [7, 11) is 0. The van der Waals surface area contributed by atoms with Crippen LogP contribution in [0, 0.1) is 0 Å². The molecule has 22 heavy (non-hydrogen) atoms. The van der Waals surface area contributed by atoms with Crippen LogP contribution < -0.4 is 0 Å². The summed E-state index contributed by atoms with van der Waals surface area (Å²) in [6.45, 7) is 4.62. The molecule has 0 radical (unpaired) electrons. The third-order valence-corrected chi connectivity index (χ3v) is 3.95. The molecule has 0 aliphatic carbocycles. The van der Waals surface area contributed by atoms with Crippen molar-refractivity contribution in [1.82, 2.24) is 0 Å². The number of hydrogen-bond acceptors (Lipinski definition) is 2. The first-order chi connectivity index (χ1) is 10.8. The quantitative estimate of drug-likeness (QED) is 0.183. The van der Waals surface area contributed by atoms with Gasteiger partial charge in [-0.3, -0.25) is 4.79 Å². The summed E-state index contributed by atoms with van der Waals surface area (Å²) >= 11 is 0. The highest BCUT2D eigenvalue weighted by atomic mass is 16.5. The second-order valence-corrected chi connectivity index (χ2v) is 6.14. The molecule has 0 heterocycles. The fourth-order valence-corrected chi connectivity index (χ4v) is 2.57. The summed E-state index contributed by atoms with van der Waals surface area (Å²) in [5, 5.41) is 0. The van der Waals surface area contributed by atoms with E-state index >= 15 is 0 Å². The van der Waals surface area contributed by atoms with Crippen LogP contribution in [0.4, 0.5) is 0 Å². The van der Waals surface area contributed by atoms with E-state index in [-0.39, 0.29) is 5.97 Å². The highest BCUT2D eigenvalue weighted by Crippen LogP contribution is 2.11. The third kappa shape index (κ3) is 17.3. The monoisotopic (exact) mass is 310 g/mol. The van der Waals surface area contributed by atoms with Crippen molar-refractivity contribution < 1.29 is 9.53 Å². The number of esters is 1. The molecule has 0 spiro atoms. The van der Waals surface area contributed by atoms with Crippen molar-refractivity contribution >= 4 is 5.97 Å². The summed E-state index contributed by atoms with van der Waals surface area (Å²) in [6, 6.07) is 0. The second-order valence-electron chi connectivity index (χ2n) is 6.14. The van der Waals surface area contributed by atoms with Gasteiger partial charge < -0.3 is 4.74 Å². The number of rotatable bonds is 16. The smallest absolute Gasteiger partial charge is 0.305 e. The minimum absolute atomic E-state index is 0.0545. The summed E-state index contributed by atoms with van der Waals surface area (Å²) in [6.07, 6.45) is 22.1. The van der Waals surface area contributed by atoms with Gasteiger partial charge in [-0.1, -0.05) is 70.4 Å². The normalized spacial score (nSPS) is 11.2. The van der Waals surface area contributed by atoms with E-state index in [9.17, 15) is 4.79 Å². The van der Waals surface area contributed by atoms with E-state index < -0.39 is 0 Å². The number of carbonyl (C=O) groups is 1. The fourth-order valence-electron chi connectivity index (χ4n) is 2.57. The van der Waals surface area contributed by atoms with Gasteiger partial charge in [0.1, 0.15) is 0 Å². The minimum atomic E-state index is -0.0545. The van der Waals surface area contributed by atoms with E-state index in [0.717, 1.165) is 19.3 Å². The lowest BCUT2D eigenvalue weighted by Crippen LogP contribution is -2.02. The van der Waals surface area contributed by atoms with Crippen LogP contribution in [0.3, 0.4) is 0 Å². The fraction of sp³-hybridized carbons (Fsp3) is 0.850. The average Bonchev–Trinajstić information content (AvgIpc) is 2.51. The van der Waals surface area contributed by atoms with Crippen molar-refractivity contribution in [1.29, 1.82) is 0 Å². The lowest BCUT2D eigenvalue weighted by molar-refractivity contribution is -0.143. The topological polar surface area (TPSA) is 26.3 Å². The van der Waals surface area contributed by atoms with Crippen molar-refractivity contribution in [3.8, 4) is 0 Å². The molecule has 0 unspecified atom stereocenters. The Bertz CT molecular complexity index is 258. The SMILES string of the molecule is CCCCCCCCCCCC=CCCCCC(=O)OCC. The lowest BCUT2D eigenvalue weighted by atomic mass is 10.1. The van der Waals surface area contributed by atoms with Crippen molar-refractivity contribution in [2.24, 2.45) is 0 Å². The lowest BCUT2D eigenvalue weighted by Gasteiger charge is -2.01. The van der Waals surface area contributed by atoms with Crippen LogP contribution in [0.25, 0.3) is 0 Å². The van der Waals surface area contributed by atoms with Gasteiger partial charge in [0.25, 0.3) is 0 Å². The first-order valence-electron chi connectivity index (χ1n) is 9.61. The zero-order valence-corrected chi connectivity index (χ0v) is 15.1. The van der Waals surface area contributed by atoms with Crippen molar-refractivity contribution in [3.05, 3.63) is 12.2 Å². The molecule has 2 heteroatoms. The molecule has 0 fully saturated rings. The molecule has 0 rings (SSSR count). The maximum Gasteiger partial charge on any atom is 0.305 e. The Morgan fingerprint density at radius 3 is 1.77 bits per heavy atom. The molecular weight excluding hydrogens is 272 g/mol. The van der Waals surface area contributed by atoms with Crippen LogP contribution in [0.2, 0.25) is 0 Å². The van der Waals surface area contributed by atoms with Crippen LogP contribution >= 0.6 is 0 Å². The largest absolute Gasteiger partial charge is 0.466 e. The van der Waals surface area contributed by atoms with E-state index in [4.69, 9.17) is 4.74 Å². The van der Waals surface area contributed by atoms with Crippen LogP contribution in [-0.4, -0.2) is 12.6 Å². The van der Waals surface area contributed by atoms with Crippen LogP contribution in [-0.2, 0) is 9.53 Å². The molecule has 0 atom stereocenters. The van der Waals surface area contributed by atoms with Crippen molar-refractivity contribution in [2.75, 3.05) is 6.61 Å². The Kier molecular flexibility index (Phi) is 17.6. The molecule has 130 valence electrons. The van der Waals surface area contributed by atoms with Crippen molar-refractivity contribution in [3.63, 3.8) is 0 Å². The molecular formula is C20H38O2. The van der Waals surface area contributed by atoms with Crippen LogP contribution in [0.1, 0.15) is 104 Å². The van der Waals surface area contributed by atoms with Gasteiger partial charge in [0.15, 0.2) is 0 Å². The second kappa shape index (κ2) is 18.3. The molecule has 0 aromatic carbocycles. The van der Waals surface area contributed by atoms with Gasteiger partial charge in [-0.05, 0) is 39.0 Å². The molecule has 0 aliphatic rings. The standard InChI is InChI=1S/C20H38O2/c1-3-5-6-7-8-9-10-11-12-13-14-15-16-17-18-19-20(21)22-4-2/h14-15H,3-13,16-19H2,1-2H3. The summed E-state index contributed by atoms with van der Waals surface area (Å²) in [4.78, 5) is 11.1. The molecule has 0 saturated heterocycles. The predicted molar refractivity (Wildman–Crippen MR) is 96.1 cm³/mol. The predicted octanol–water partition coefficient (Wildman–Crippen LogP) is 6.59. The maximum absolute atomic E-state index is 11.1.